The lowest BCUT2D eigenvalue weighted by Gasteiger charge is -2.22. The molecule has 0 aliphatic carbocycles. The van der Waals surface area contributed by atoms with Gasteiger partial charge in [-0.25, -0.2) is 13.8 Å². The molecule has 32 heavy (non-hydrogen) atoms. The largest absolute Gasteiger partial charge is 0.316 e. The van der Waals surface area contributed by atoms with E-state index in [0.29, 0.717) is 5.02 Å². The molecule has 0 aliphatic rings. The van der Waals surface area contributed by atoms with Crippen LogP contribution in [-0.4, -0.2) is 37.9 Å². The Morgan fingerprint density at radius 1 is 1.09 bits per heavy atom. The topological polar surface area (TPSA) is 83.8 Å². The van der Waals surface area contributed by atoms with E-state index >= 15 is 0 Å². The number of aromatic nitrogens is 1. The highest BCUT2D eigenvalue weighted by Crippen LogP contribution is 2.27. The molecule has 0 saturated heterocycles. The van der Waals surface area contributed by atoms with Gasteiger partial charge in [-0.1, -0.05) is 47.5 Å². The highest BCUT2D eigenvalue weighted by atomic mass is 35.5. The van der Waals surface area contributed by atoms with E-state index in [1.165, 1.54) is 12.3 Å². The van der Waals surface area contributed by atoms with Crippen LogP contribution >= 0.6 is 23.2 Å². The van der Waals surface area contributed by atoms with Crippen LogP contribution in [0.4, 0.5) is 5.69 Å². The summed E-state index contributed by atoms with van der Waals surface area (Å²) < 4.78 is 27.3. The Morgan fingerprint density at radius 3 is 2.34 bits per heavy atom. The van der Waals surface area contributed by atoms with Crippen LogP contribution < -0.4 is 9.73 Å². The van der Waals surface area contributed by atoms with Gasteiger partial charge in [-0.15, -0.1) is 0 Å². The molecule has 2 aromatic carbocycles. The van der Waals surface area contributed by atoms with Crippen molar-refractivity contribution in [1.29, 1.82) is 0 Å². The number of rotatable bonds is 7. The number of para-hydroxylation sites is 2. The zero-order chi connectivity index (χ0) is 23.5. The fourth-order valence-electron chi connectivity index (χ4n) is 3.30. The predicted octanol–water partition coefficient (Wildman–Crippen LogP) is 4.32. The Morgan fingerprint density at radius 2 is 1.72 bits per heavy atom. The summed E-state index contributed by atoms with van der Waals surface area (Å²) >= 11 is 12.4. The van der Waals surface area contributed by atoms with Gasteiger partial charge in [0, 0.05) is 17.0 Å². The zero-order valence-corrected chi connectivity index (χ0v) is 20.0. The van der Waals surface area contributed by atoms with E-state index in [1.807, 2.05) is 48.7 Å². The second-order valence-electron chi connectivity index (χ2n) is 7.13. The van der Waals surface area contributed by atoms with E-state index < -0.39 is 22.5 Å². The van der Waals surface area contributed by atoms with Gasteiger partial charge >= 0.3 is 0 Å². The molecule has 0 saturated carbocycles. The van der Waals surface area contributed by atoms with Gasteiger partial charge < -0.3 is 4.57 Å². The summed E-state index contributed by atoms with van der Waals surface area (Å²) in [6, 6.07) is 15.8. The third kappa shape index (κ3) is 5.32. The van der Waals surface area contributed by atoms with Gasteiger partial charge in [0.2, 0.25) is 10.0 Å². The highest BCUT2D eigenvalue weighted by Gasteiger charge is 2.22. The standard InChI is InChI=1S/C22H22Cl2N4O3S/c1-15-12-17(16(2)28(15)21-11-7-5-9-19(21)24)13-25-26-22(29)14-27(32(3,30)31)20-10-6-4-8-18(20)23/h4-13H,14H2,1-3H3,(H,26,29)/b25-13-. The van der Waals surface area contributed by atoms with Crippen molar-refractivity contribution in [2.75, 3.05) is 17.1 Å². The Bertz CT molecular complexity index is 1290. The molecule has 0 radical (unpaired) electrons. The Balaban J connectivity index is 1.76. The second kappa shape index (κ2) is 9.77. The SMILES string of the molecule is Cc1cc(/C=N\NC(=O)CN(c2ccccc2Cl)S(C)(=O)=O)c(C)n1-c1ccccc1Cl. The average Bonchev–Trinajstić information content (AvgIpc) is 3.00. The minimum atomic E-state index is -3.74. The number of hydrazone groups is 1. The number of sulfonamides is 1. The van der Waals surface area contributed by atoms with Crippen molar-refractivity contribution in [1.82, 2.24) is 9.99 Å². The van der Waals surface area contributed by atoms with Crippen LogP contribution in [0.3, 0.4) is 0 Å². The molecule has 3 aromatic rings. The summed E-state index contributed by atoms with van der Waals surface area (Å²) in [6.07, 6.45) is 2.52. The van der Waals surface area contributed by atoms with Crippen LogP contribution in [0.5, 0.6) is 0 Å². The van der Waals surface area contributed by atoms with Crippen molar-refractivity contribution in [3.63, 3.8) is 0 Å². The number of benzene rings is 2. The number of hydrogen-bond acceptors (Lipinski definition) is 4. The summed E-state index contributed by atoms with van der Waals surface area (Å²) in [4.78, 5) is 12.4. The van der Waals surface area contributed by atoms with E-state index in [0.717, 1.165) is 33.2 Å². The maximum atomic E-state index is 12.4. The minimum absolute atomic E-state index is 0.221. The molecule has 10 heteroatoms. The van der Waals surface area contributed by atoms with Gasteiger partial charge in [0.1, 0.15) is 6.54 Å². The third-order valence-electron chi connectivity index (χ3n) is 4.77. The first-order valence-corrected chi connectivity index (χ1v) is 12.2. The molecule has 3 rings (SSSR count). The first kappa shape index (κ1) is 23.8. The van der Waals surface area contributed by atoms with Crippen molar-refractivity contribution in [2.45, 2.75) is 13.8 Å². The Hall–Kier alpha value is -2.81. The third-order valence-corrected chi connectivity index (χ3v) is 6.53. The van der Waals surface area contributed by atoms with Crippen molar-refractivity contribution < 1.29 is 13.2 Å². The fraction of sp³-hybridized carbons (Fsp3) is 0.182. The minimum Gasteiger partial charge on any atom is -0.316 e. The molecule has 0 bridgehead atoms. The number of nitrogens with one attached hydrogen (secondary N) is 1. The molecule has 1 amide bonds. The van der Waals surface area contributed by atoms with Gasteiger partial charge in [0.05, 0.1) is 33.9 Å². The van der Waals surface area contributed by atoms with Crippen LogP contribution in [0, 0.1) is 13.8 Å². The number of nitrogens with zero attached hydrogens (tertiary/aromatic N) is 3. The molecular weight excluding hydrogens is 471 g/mol. The van der Waals surface area contributed by atoms with Gasteiger partial charge in [-0.05, 0) is 44.2 Å². The monoisotopic (exact) mass is 492 g/mol. The van der Waals surface area contributed by atoms with Crippen LogP contribution in [0.2, 0.25) is 10.0 Å². The quantitative estimate of drug-likeness (QED) is 0.393. The van der Waals surface area contributed by atoms with Gasteiger partial charge in [0.25, 0.3) is 5.91 Å². The lowest BCUT2D eigenvalue weighted by atomic mass is 10.2. The molecule has 168 valence electrons. The molecule has 0 fully saturated rings. The smallest absolute Gasteiger partial charge is 0.260 e. The zero-order valence-electron chi connectivity index (χ0n) is 17.7. The van der Waals surface area contributed by atoms with Crippen molar-refractivity contribution in [2.24, 2.45) is 5.10 Å². The predicted molar refractivity (Wildman–Crippen MR) is 130 cm³/mol. The summed E-state index contributed by atoms with van der Waals surface area (Å²) in [7, 11) is -3.74. The van der Waals surface area contributed by atoms with Gasteiger partial charge in [-0.2, -0.15) is 5.10 Å². The number of carbonyl (C=O) groups excluding carboxylic acids is 1. The summed E-state index contributed by atoms with van der Waals surface area (Å²) in [5.74, 6) is -0.605. The summed E-state index contributed by atoms with van der Waals surface area (Å²) in [5.41, 5.74) is 6.07. The second-order valence-corrected chi connectivity index (χ2v) is 9.85. The molecule has 1 heterocycles. The molecule has 1 N–H and O–H groups in total. The highest BCUT2D eigenvalue weighted by molar-refractivity contribution is 7.92. The molecule has 0 aliphatic heterocycles. The normalized spacial score (nSPS) is 11.7. The Kier molecular flexibility index (Phi) is 7.28. The number of halogens is 2. The Labute approximate surface area is 197 Å². The average molecular weight is 493 g/mol. The van der Waals surface area contributed by atoms with Crippen molar-refractivity contribution in [3.05, 3.63) is 81.6 Å². The van der Waals surface area contributed by atoms with Crippen LogP contribution in [0.25, 0.3) is 5.69 Å². The number of aryl methyl sites for hydroxylation is 1. The molecule has 0 unspecified atom stereocenters. The molecule has 1 aromatic heterocycles. The lowest BCUT2D eigenvalue weighted by Crippen LogP contribution is -2.39. The summed E-state index contributed by atoms with van der Waals surface area (Å²) in [6.45, 7) is 3.40. The molecule has 7 nitrogen and oxygen atoms in total. The van der Waals surface area contributed by atoms with Crippen LogP contribution in [-0.2, 0) is 14.8 Å². The summed E-state index contributed by atoms with van der Waals surface area (Å²) in [5, 5.41) is 4.84. The van der Waals surface area contributed by atoms with Gasteiger partial charge in [-0.3, -0.25) is 9.10 Å². The number of anilines is 1. The maximum absolute atomic E-state index is 12.4. The van der Waals surface area contributed by atoms with Crippen molar-refractivity contribution >= 4 is 51.0 Å². The lowest BCUT2D eigenvalue weighted by molar-refractivity contribution is -0.119. The molecular formula is C22H22Cl2N4O3S. The number of amides is 1. The molecule has 0 atom stereocenters. The first-order chi connectivity index (χ1) is 15.1. The maximum Gasteiger partial charge on any atom is 0.260 e. The van der Waals surface area contributed by atoms with E-state index in [9.17, 15) is 13.2 Å². The van der Waals surface area contributed by atoms with Crippen molar-refractivity contribution in [3.8, 4) is 5.69 Å². The van der Waals surface area contributed by atoms with E-state index in [2.05, 4.69) is 10.5 Å². The fourth-order valence-corrected chi connectivity index (χ4v) is 4.67. The van der Waals surface area contributed by atoms with Gasteiger partial charge in [0.15, 0.2) is 0 Å². The van der Waals surface area contributed by atoms with Crippen LogP contribution in [0.1, 0.15) is 17.0 Å². The molecule has 0 spiro atoms. The number of hydrogen-bond donors (Lipinski definition) is 1. The number of carbonyl (C=O) groups is 1. The first-order valence-electron chi connectivity index (χ1n) is 9.57. The van der Waals surface area contributed by atoms with E-state index in [1.54, 1.807) is 18.2 Å². The van der Waals surface area contributed by atoms with Crippen LogP contribution in [0.15, 0.2) is 59.7 Å². The van der Waals surface area contributed by atoms with E-state index in [4.69, 9.17) is 23.2 Å². The van der Waals surface area contributed by atoms with E-state index in [-0.39, 0.29) is 10.7 Å².